The number of benzene rings is 2. The van der Waals surface area contributed by atoms with Gasteiger partial charge in [0.25, 0.3) is 0 Å². The van der Waals surface area contributed by atoms with Crippen molar-refractivity contribution in [3.63, 3.8) is 0 Å². The van der Waals surface area contributed by atoms with Gasteiger partial charge >= 0.3 is 6.18 Å². The van der Waals surface area contributed by atoms with Gasteiger partial charge in [-0.05, 0) is 49.2 Å². The average molecular weight is 363 g/mol. The molecule has 26 heavy (non-hydrogen) atoms. The van der Waals surface area contributed by atoms with Crippen LogP contribution in [0.5, 0.6) is 5.75 Å². The molecule has 2 aromatic carbocycles. The summed E-state index contributed by atoms with van der Waals surface area (Å²) >= 11 is 0. The fourth-order valence-corrected chi connectivity index (χ4v) is 2.51. The maximum atomic E-state index is 12.7. The Labute approximate surface area is 150 Å². The zero-order valence-electron chi connectivity index (χ0n) is 14.8. The molecule has 0 radical (unpaired) electrons. The highest BCUT2D eigenvalue weighted by molar-refractivity contribution is 6.22. The lowest BCUT2D eigenvalue weighted by molar-refractivity contribution is -0.137. The van der Waals surface area contributed by atoms with Gasteiger partial charge in [-0.2, -0.15) is 13.2 Å². The Hall–Kier alpha value is -2.76. The van der Waals surface area contributed by atoms with E-state index in [-0.39, 0.29) is 6.61 Å². The van der Waals surface area contributed by atoms with Crippen LogP contribution in [0.15, 0.2) is 59.8 Å². The predicted molar refractivity (Wildman–Crippen MR) is 96.0 cm³/mol. The molecule has 0 aliphatic heterocycles. The van der Waals surface area contributed by atoms with E-state index in [4.69, 9.17) is 9.57 Å². The van der Waals surface area contributed by atoms with E-state index in [0.29, 0.717) is 11.3 Å². The summed E-state index contributed by atoms with van der Waals surface area (Å²) in [5.74, 6) is 0.572. The van der Waals surface area contributed by atoms with Gasteiger partial charge in [-0.3, -0.25) is 0 Å². The number of halogens is 3. The normalized spacial score (nSPS) is 12.8. The van der Waals surface area contributed by atoms with Gasteiger partial charge < -0.3 is 9.57 Å². The maximum absolute atomic E-state index is 12.7. The van der Waals surface area contributed by atoms with Crippen molar-refractivity contribution < 1.29 is 22.7 Å². The largest absolute Gasteiger partial charge is 0.489 e. The molecule has 0 bridgehead atoms. The SMILES string of the molecule is C/C=C(/C(C)=N/OC)c1ccc(OCc2cccc(C(F)(F)F)c2)cc1. The van der Waals surface area contributed by atoms with Gasteiger partial charge in [0.1, 0.15) is 19.5 Å². The van der Waals surface area contributed by atoms with Crippen LogP contribution in [0.1, 0.15) is 30.5 Å². The molecule has 0 fully saturated rings. The second-order valence-corrected chi connectivity index (χ2v) is 5.57. The summed E-state index contributed by atoms with van der Waals surface area (Å²) in [7, 11) is 1.49. The Balaban J connectivity index is 2.07. The van der Waals surface area contributed by atoms with E-state index in [9.17, 15) is 13.2 Å². The first-order chi connectivity index (χ1) is 12.3. The molecule has 0 atom stereocenters. The molecule has 2 aromatic rings. The average Bonchev–Trinajstić information content (AvgIpc) is 2.61. The van der Waals surface area contributed by atoms with Crippen LogP contribution in [0.4, 0.5) is 13.2 Å². The van der Waals surface area contributed by atoms with Gasteiger partial charge in [0.2, 0.25) is 0 Å². The van der Waals surface area contributed by atoms with Crippen LogP contribution < -0.4 is 4.74 Å². The van der Waals surface area contributed by atoms with Crippen molar-refractivity contribution in [1.29, 1.82) is 0 Å². The summed E-state index contributed by atoms with van der Waals surface area (Å²) in [6, 6.07) is 12.4. The number of alkyl halides is 3. The van der Waals surface area contributed by atoms with Gasteiger partial charge in [-0.15, -0.1) is 0 Å². The molecule has 0 saturated carbocycles. The highest BCUT2D eigenvalue weighted by atomic mass is 19.4. The summed E-state index contributed by atoms with van der Waals surface area (Å²) in [4.78, 5) is 4.80. The molecule has 0 unspecified atom stereocenters. The van der Waals surface area contributed by atoms with Crippen LogP contribution >= 0.6 is 0 Å². The number of hydrogen-bond donors (Lipinski definition) is 0. The van der Waals surface area contributed by atoms with Crippen molar-refractivity contribution in [1.82, 2.24) is 0 Å². The molecule has 0 aliphatic rings. The van der Waals surface area contributed by atoms with Crippen molar-refractivity contribution in [2.45, 2.75) is 26.6 Å². The zero-order chi connectivity index (χ0) is 19.2. The topological polar surface area (TPSA) is 30.8 Å². The molecule has 0 heterocycles. The van der Waals surface area contributed by atoms with E-state index in [0.717, 1.165) is 29.0 Å². The van der Waals surface area contributed by atoms with Crippen molar-refractivity contribution >= 4 is 11.3 Å². The van der Waals surface area contributed by atoms with Crippen LogP contribution in [0.25, 0.3) is 5.57 Å². The van der Waals surface area contributed by atoms with Gasteiger partial charge in [-0.25, -0.2) is 0 Å². The predicted octanol–water partition coefficient (Wildman–Crippen LogP) is 5.71. The lowest BCUT2D eigenvalue weighted by Gasteiger charge is -2.11. The van der Waals surface area contributed by atoms with Crippen LogP contribution in [-0.2, 0) is 17.6 Å². The third kappa shape index (κ3) is 5.12. The number of allylic oxidation sites excluding steroid dienone is 2. The second kappa shape index (κ2) is 8.56. The quantitative estimate of drug-likeness (QED) is 0.486. The molecule has 138 valence electrons. The molecule has 0 aliphatic carbocycles. The van der Waals surface area contributed by atoms with Gasteiger partial charge in [0, 0.05) is 5.57 Å². The minimum atomic E-state index is -4.36. The zero-order valence-corrected chi connectivity index (χ0v) is 14.8. The highest BCUT2D eigenvalue weighted by Crippen LogP contribution is 2.30. The lowest BCUT2D eigenvalue weighted by atomic mass is 10.0. The van der Waals surface area contributed by atoms with E-state index in [1.54, 1.807) is 18.2 Å². The van der Waals surface area contributed by atoms with Crippen LogP contribution in [0.2, 0.25) is 0 Å². The summed E-state index contributed by atoms with van der Waals surface area (Å²) in [6.07, 6.45) is -2.43. The fraction of sp³-hybridized carbons (Fsp3) is 0.250. The minimum Gasteiger partial charge on any atom is -0.489 e. The summed E-state index contributed by atoms with van der Waals surface area (Å²) in [6.45, 7) is 3.81. The first-order valence-corrected chi connectivity index (χ1v) is 7.99. The molecule has 0 aromatic heterocycles. The summed E-state index contributed by atoms with van der Waals surface area (Å²) < 4.78 is 43.8. The Morgan fingerprint density at radius 3 is 2.38 bits per heavy atom. The van der Waals surface area contributed by atoms with Crippen molar-refractivity contribution in [2.75, 3.05) is 7.11 Å². The molecule has 6 heteroatoms. The highest BCUT2D eigenvalue weighted by Gasteiger charge is 2.30. The lowest BCUT2D eigenvalue weighted by Crippen LogP contribution is -2.06. The molecule has 0 amide bonds. The van der Waals surface area contributed by atoms with Crippen LogP contribution in [0, 0.1) is 0 Å². The third-order valence-corrected chi connectivity index (χ3v) is 3.73. The molecular weight excluding hydrogens is 343 g/mol. The Bertz CT molecular complexity index is 793. The smallest absolute Gasteiger partial charge is 0.416 e. The van der Waals surface area contributed by atoms with Crippen molar-refractivity contribution in [3.8, 4) is 5.75 Å². The van der Waals surface area contributed by atoms with Crippen LogP contribution in [0.3, 0.4) is 0 Å². The number of rotatable bonds is 6. The number of nitrogens with zero attached hydrogens (tertiary/aromatic N) is 1. The van der Waals surface area contributed by atoms with Crippen molar-refractivity contribution in [3.05, 3.63) is 71.3 Å². The van der Waals surface area contributed by atoms with Gasteiger partial charge in [0.05, 0.1) is 11.3 Å². The minimum absolute atomic E-state index is 0.0594. The van der Waals surface area contributed by atoms with E-state index in [1.807, 2.05) is 32.1 Å². The molecule has 2 rings (SSSR count). The Morgan fingerprint density at radius 1 is 1.12 bits per heavy atom. The molecule has 0 spiro atoms. The Kier molecular flexibility index (Phi) is 6.44. The summed E-state index contributed by atoms with van der Waals surface area (Å²) in [5.41, 5.74) is 2.39. The van der Waals surface area contributed by atoms with Crippen molar-refractivity contribution in [2.24, 2.45) is 5.16 Å². The summed E-state index contributed by atoms with van der Waals surface area (Å²) in [5, 5.41) is 3.92. The third-order valence-electron chi connectivity index (χ3n) is 3.73. The first kappa shape index (κ1) is 19.6. The van der Waals surface area contributed by atoms with Gasteiger partial charge in [0.15, 0.2) is 0 Å². The first-order valence-electron chi connectivity index (χ1n) is 7.99. The number of hydrogen-bond acceptors (Lipinski definition) is 3. The van der Waals surface area contributed by atoms with E-state index in [2.05, 4.69) is 5.16 Å². The standard InChI is InChI=1S/C20H20F3NO2/c1-4-19(14(2)24-25-3)16-8-10-18(11-9-16)26-13-15-6-5-7-17(12-15)20(21,22)23/h4-12H,13H2,1-3H3/b19-4-,24-14+. The number of ether oxygens (including phenoxy) is 1. The molecule has 3 nitrogen and oxygen atoms in total. The van der Waals surface area contributed by atoms with E-state index < -0.39 is 11.7 Å². The maximum Gasteiger partial charge on any atom is 0.416 e. The molecular formula is C20H20F3NO2. The second-order valence-electron chi connectivity index (χ2n) is 5.57. The fourth-order valence-electron chi connectivity index (χ4n) is 2.51. The monoisotopic (exact) mass is 363 g/mol. The number of oxime groups is 1. The molecule has 0 N–H and O–H groups in total. The van der Waals surface area contributed by atoms with E-state index in [1.165, 1.54) is 13.2 Å². The van der Waals surface area contributed by atoms with Gasteiger partial charge in [-0.1, -0.05) is 35.5 Å². The van der Waals surface area contributed by atoms with Crippen LogP contribution in [-0.4, -0.2) is 12.8 Å². The van der Waals surface area contributed by atoms with E-state index >= 15 is 0 Å². The molecule has 0 saturated heterocycles. The Morgan fingerprint density at radius 2 is 1.81 bits per heavy atom.